The number of hydrogen-bond acceptors (Lipinski definition) is 6. The highest BCUT2D eigenvalue weighted by Crippen LogP contribution is 2.35. The Labute approximate surface area is 167 Å². The van der Waals surface area contributed by atoms with Gasteiger partial charge >= 0.3 is 11.9 Å². The molecule has 0 radical (unpaired) electrons. The van der Waals surface area contributed by atoms with Gasteiger partial charge in [-0.3, -0.25) is 4.79 Å². The van der Waals surface area contributed by atoms with Crippen molar-refractivity contribution in [1.82, 2.24) is 0 Å². The lowest BCUT2D eigenvalue weighted by atomic mass is 9.75. The van der Waals surface area contributed by atoms with Crippen molar-refractivity contribution in [1.29, 1.82) is 0 Å². The first-order valence-corrected chi connectivity index (χ1v) is 9.90. The Kier molecular flexibility index (Phi) is 8.15. The zero-order valence-electron chi connectivity index (χ0n) is 17.5. The van der Waals surface area contributed by atoms with E-state index in [9.17, 15) is 9.59 Å². The summed E-state index contributed by atoms with van der Waals surface area (Å²) in [4.78, 5) is 24.3. The molecule has 0 heterocycles. The van der Waals surface area contributed by atoms with E-state index in [0.717, 1.165) is 24.8 Å². The zero-order chi connectivity index (χ0) is 20.7. The summed E-state index contributed by atoms with van der Waals surface area (Å²) in [6.07, 6.45) is 3.05. The summed E-state index contributed by atoms with van der Waals surface area (Å²) in [5.41, 5.74) is 0.719. The van der Waals surface area contributed by atoms with Gasteiger partial charge in [-0.2, -0.15) is 0 Å². The fourth-order valence-corrected chi connectivity index (χ4v) is 3.80. The van der Waals surface area contributed by atoms with E-state index in [1.165, 1.54) is 7.11 Å². The summed E-state index contributed by atoms with van der Waals surface area (Å²) in [6.45, 7) is 6.14. The number of hydrogen-bond donors (Lipinski definition) is 0. The maximum atomic E-state index is 12.2. The molecule has 6 heteroatoms. The van der Waals surface area contributed by atoms with Gasteiger partial charge in [0.25, 0.3) is 0 Å². The average molecular weight is 392 g/mol. The first-order valence-electron chi connectivity index (χ1n) is 9.90. The lowest BCUT2D eigenvalue weighted by Crippen LogP contribution is -2.36. The molecule has 0 amide bonds. The van der Waals surface area contributed by atoms with Crippen LogP contribution in [0.15, 0.2) is 18.2 Å². The Hall–Kier alpha value is -2.24. The van der Waals surface area contributed by atoms with Gasteiger partial charge in [0.1, 0.15) is 6.10 Å². The van der Waals surface area contributed by atoms with Crippen LogP contribution in [0.25, 0.3) is 0 Å². The molecule has 0 spiro atoms. The SMILES string of the molecule is COc1ccc(CC(=O)OCC(=O)O[C@@H]2C[C@@H](C)CC[C@H]2C(C)C)cc1OC. The molecule has 2 rings (SSSR count). The molecule has 1 aromatic rings. The minimum absolute atomic E-state index is 0.0444. The van der Waals surface area contributed by atoms with Crippen LogP contribution >= 0.6 is 0 Å². The first-order chi connectivity index (χ1) is 13.3. The van der Waals surface area contributed by atoms with Crippen molar-refractivity contribution in [2.45, 2.75) is 52.6 Å². The number of methoxy groups -OCH3 is 2. The molecule has 6 nitrogen and oxygen atoms in total. The monoisotopic (exact) mass is 392 g/mol. The molecular weight excluding hydrogens is 360 g/mol. The second-order valence-corrected chi connectivity index (χ2v) is 7.88. The van der Waals surface area contributed by atoms with Crippen LogP contribution in [-0.2, 0) is 25.5 Å². The van der Waals surface area contributed by atoms with Crippen LogP contribution < -0.4 is 9.47 Å². The van der Waals surface area contributed by atoms with E-state index in [0.29, 0.717) is 29.3 Å². The van der Waals surface area contributed by atoms with E-state index in [4.69, 9.17) is 18.9 Å². The summed E-state index contributed by atoms with van der Waals surface area (Å²) in [6, 6.07) is 5.21. The fourth-order valence-electron chi connectivity index (χ4n) is 3.80. The summed E-state index contributed by atoms with van der Waals surface area (Å²) in [5.74, 6) is 1.52. The molecule has 0 saturated heterocycles. The standard InChI is InChI=1S/C22H32O6/c1-14(2)17-8-6-15(3)10-19(17)28-22(24)13-27-21(23)12-16-7-9-18(25-4)20(11-16)26-5/h7,9,11,14-15,17,19H,6,8,10,12-13H2,1-5H3/t15-,17-,19+/m0/s1. The third kappa shape index (κ3) is 6.14. The van der Waals surface area contributed by atoms with Crippen molar-refractivity contribution in [3.05, 3.63) is 23.8 Å². The Morgan fingerprint density at radius 3 is 2.43 bits per heavy atom. The predicted octanol–water partition coefficient (Wildman–Crippen LogP) is 3.79. The smallest absolute Gasteiger partial charge is 0.344 e. The van der Waals surface area contributed by atoms with E-state index in [1.807, 2.05) is 0 Å². The molecule has 0 unspecified atom stereocenters. The van der Waals surface area contributed by atoms with Gasteiger partial charge in [0, 0.05) is 0 Å². The van der Waals surface area contributed by atoms with Crippen LogP contribution in [-0.4, -0.2) is 38.9 Å². The minimum Gasteiger partial charge on any atom is -0.493 e. The predicted molar refractivity (Wildman–Crippen MR) is 105 cm³/mol. The number of ether oxygens (including phenoxy) is 4. The van der Waals surface area contributed by atoms with Gasteiger partial charge in [0.05, 0.1) is 20.6 Å². The number of carbonyl (C=O) groups is 2. The maximum absolute atomic E-state index is 12.2. The van der Waals surface area contributed by atoms with E-state index in [1.54, 1.807) is 25.3 Å². The summed E-state index contributed by atoms with van der Waals surface area (Å²) < 4.78 is 21.2. The van der Waals surface area contributed by atoms with E-state index >= 15 is 0 Å². The van der Waals surface area contributed by atoms with Crippen molar-refractivity contribution >= 4 is 11.9 Å². The van der Waals surface area contributed by atoms with Crippen LogP contribution in [0, 0.1) is 17.8 Å². The molecule has 1 aromatic carbocycles. The molecule has 1 fully saturated rings. The number of carbonyl (C=O) groups excluding carboxylic acids is 2. The average Bonchev–Trinajstić information content (AvgIpc) is 2.66. The molecule has 156 valence electrons. The summed E-state index contributed by atoms with van der Waals surface area (Å²) in [7, 11) is 3.08. The molecule has 28 heavy (non-hydrogen) atoms. The van der Waals surface area contributed by atoms with Gasteiger partial charge < -0.3 is 18.9 Å². The normalized spacial score (nSPS) is 21.9. The molecule has 1 aliphatic carbocycles. The topological polar surface area (TPSA) is 71.1 Å². The number of rotatable bonds is 8. The first kappa shape index (κ1) is 22.1. The van der Waals surface area contributed by atoms with Crippen LogP contribution in [0.5, 0.6) is 11.5 Å². The zero-order valence-corrected chi connectivity index (χ0v) is 17.5. The van der Waals surface area contributed by atoms with Crippen LogP contribution in [0.3, 0.4) is 0 Å². The second kappa shape index (κ2) is 10.3. The van der Waals surface area contributed by atoms with Gasteiger partial charge in [0.15, 0.2) is 18.1 Å². The quantitative estimate of drug-likeness (QED) is 0.627. The van der Waals surface area contributed by atoms with Crippen molar-refractivity contribution in [3.8, 4) is 11.5 Å². The third-order valence-electron chi connectivity index (χ3n) is 5.39. The molecule has 0 aromatic heterocycles. The summed E-state index contributed by atoms with van der Waals surface area (Å²) >= 11 is 0. The van der Waals surface area contributed by atoms with E-state index in [2.05, 4.69) is 20.8 Å². The Morgan fingerprint density at radius 1 is 1.07 bits per heavy atom. The van der Waals surface area contributed by atoms with Crippen molar-refractivity contribution in [3.63, 3.8) is 0 Å². The van der Waals surface area contributed by atoms with Gasteiger partial charge in [0.2, 0.25) is 0 Å². The van der Waals surface area contributed by atoms with Gasteiger partial charge in [-0.25, -0.2) is 4.79 Å². The van der Waals surface area contributed by atoms with Crippen molar-refractivity contribution in [2.75, 3.05) is 20.8 Å². The Bertz CT molecular complexity index is 669. The molecule has 0 aliphatic heterocycles. The van der Waals surface area contributed by atoms with Crippen LogP contribution in [0.4, 0.5) is 0 Å². The number of benzene rings is 1. The Balaban J connectivity index is 1.84. The van der Waals surface area contributed by atoms with Gasteiger partial charge in [-0.05, 0) is 48.3 Å². The molecular formula is C22H32O6. The molecule has 3 atom stereocenters. The highest BCUT2D eigenvalue weighted by molar-refractivity contribution is 5.78. The molecule has 0 N–H and O–H groups in total. The van der Waals surface area contributed by atoms with Crippen LogP contribution in [0.2, 0.25) is 0 Å². The van der Waals surface area contributed by atoms with E-state index in [-0.39, 0.29) is 19.1 Å². The maximum Gasteiger partial charge on any atom is 0.344 e. The van der Waals surface area contributed by atoms with E-state index < -0.39 is 11.9 Å². The lowest BCUT2D eigenvalue weighted by Gasteiger charge is -2.36. The lowest BCUT2D eigenvalue weighted by molar-refractivity contribution is -0.166. The Morgan fingerprint density at radius 2 is 1.79 bits per heavy atom. The summed E-state index contributed by atoms with van der Waals surface area (Å²) in [5, 5.41) is 0. The van der Waals surface area contributed by atoms with Crippen molar-refractivity contribution < 1.29 is 28.5 Å². The second-order valence-electron chi connectivity index (χ2n) is 7.88. The minimum atomic E-state index is -0.485. The third-order valence-corrected chi connectivity index (χ3v) is 5.39. The van der Waals surface area contributed by atoms with Gasteiger partial charge in [-0.1, -0.05) is 33.3 Å². The molecule has 0 bridgehead atoms. The van der Waals surface area contributed by atoms with Gasteiger partial charge in [-0.15, -0.1) is 0 Å². The highest BCUT2D eigenvalue weighted by Gasteiger charge is 2.33. The number of esters is 2. The molecule has 1 aliphatic rings. The van der Waals surface area contributed by atoms with Crippen molar-refractivity contribution in [2.24, 2.45) is 17.8 Å². The fraction of sp³-hybridized carbons (Fsp3) is 0.636. The highest BCUT2D eigenvalue weighted by atomic mass is 16.6. The molecule has 1 saturated carbocycles. The largest absolute Gasteiger partial charge is 0.493 e. The van der Waals surface area contributed by atoms with Crippen LogP contribution in [0.1, 0.15) is 45.6 Å².